The zero-order valence-corrected chi connectivity index (χ0v) is 35.2. The zero-order chi connectivity index (χ0) is 41.3. The van der Waals surface area contributed by atoms with Gasteiger partial charge in [0.25, 0.3) is 5.56 Å². The number of nitrogens with one attached hydrogen (secondary N) is 1. The molecule has 3 aliphatic rings. The van der Waals surface area contributed by atoms with Gasteiger partial charge in [-0.2, -0.15) is 4.98 Å². The van der Waals surface area contributed by atoms with Crippen LogP contribution in [-0.4, -0.2) is 70.2 Å². The Morgan fingerprint density at radius 2 is 1.71 bits per heavy atom. The number of aromatic nitrogens is 2. The number of hydrogen-bond acceptors (Lipinski definition) is 6. The van der Waals surface area contributed by atoms with Gasteiger partial charge in [-0.15, -0.1) is 0 Å². The van der Waals surface area contributed by atoms with E-state index in [-0.39, 0.29) is 35.3 Å². The molecule has 304 valence electrons. The van der Waals surface area contributed by atoms with Gasteiger partial charge in [0.1, 0.15) is 23.3 Å². The summed E-state index contributed by atoms with van der Waals surface area (Å²) in [4.78, 5) is 49.3. The highest BCUT2D eigenvalue weighted by Gasteiger charge is 2.39. The Labute approximate surface area is 347 Å². The van der Waals surface area contributed by atoms with Gasteiger partial charge in [-0.05, 0) is 158 Å². The molecule has 0 bridgehead atoms. The van der Waals surface area contributed by atoms with E-state index in [2.05, 4.69) is 86.1 Å². The summed E-state index contributed by atoms with van der Waals surface area (Å²) in [5.41, 5.74) is 5.66. The minimum Gasteiger partial charge on any atom is -0.357 e. The summed E-state index contributed by atoms with van der Waals surface area (Å²) >= 11 is 3.58. The molecular formula is C46H51BrF2N6O3. The summed E-state index contributed by atoms with van der Waals surface area (Å²) in [5, 5.41) is 2.66. The fourth-order valence-electron chi connectivity index (χ4n) is 9.17. The number of piperidine rings is 2. The average Bonchev–Trinajstić information content (AvgIpc) is 3.42. The third-order valence-electron chi connectivity index (χ3n) is 12.4. The lowest BCUT2D eigenvalue weighted by molar-refractivity contribution is -0.125. The molecule has 7 rings (SSSR count). The second kappa shape index (κ2) is 17.2. The number of carbonyl (C=O) groups is 2. The molecule has 0 spiro atoms. The van der Waals surface area contributed by atoms with Crippen LogP contribution in [-0.2, 0) is 15.0 Å². The quantitative estimate of drug-likeness (QED) is 0.0921. The first-order valence-electron chi connectivity index (χ1n) is 20.2. The van der Waals surface area contributed by atoms with Gasteiger partial charge in [0.05, 0.1) is 22.0 Å². The number of carbonyl (C=O) groups excluding carboxylic acids is 2. The average molecular weight is 854 g/mol. The highest BCUT2D eigenvalue weighted by Crippen LogP contribution is 2.45. The van der Waals surface area contributed by atoms with Crippen LogP contribution >= 0.6 is 15.9 Å². The summed E-state index contributed by atoms with van der Waals surface area (Å²) in [7, 11) is 0. The first-order chi connectivity index (χ1) is 27.8. The minimum atomic E-state index is -0.600. The van der Waals surface area contributed by atoms with Crippen LogP contribution in [0, 0.1) is 11.6 Å². The van der Waals surface area contributed by atoms with Crippen molar-refractivity contribution in [3.63, 3.8) is 0 Å². The number of hydrogen-bond donors (Lipinski definition) is 1. The molecule has 1 aromatic heterocycles. The molecular weight excluding hydrogens is 802 g/mol. The monoisotopic (exact) mass is 852 g/mol. The predicted octanol–water partition coefficient (Wildman–Crippen LogP) is 8.77. The lowest BCUT2D eigenvalue weighted by Gasteiger charge is -2.34. The lowest BCUT2D eigenvalue weighted by atomic mass is 9.83. The lowest BCUT2D eigenvalue weighted by Crippen LogP contribution is -2.37. The van der Waals surface area contributed by atoms with Crippen molar-refractivity contribution in [2.24, 2.45) is 4.99 Å². The molecule has 0 aliphatic carbocycles. The molecule has 1 unspecified atom stereocenters. The van der Waals surface area contributed by atoms with E-state index in [4.69, 9.17) is 4.99 Å². The molecule has 4 heterocycles. The molecule has 3 aliphatic heterocycles. The topological polar surface area (TPSA) is 99.9 Å². The molecule has 58 heavy (non-hydrogen) atoms. The van der Waals surface area contributed by atoms with Gasteiger partial charge in [0, 0.05) is 42.3 Å². The SMILES string of the molecule is C=CC(=N/C=C(\C)CN1CCC(c2ccc3c(c2)-n2c(nc(=O)c4c(Br)cccc42)C3(C)C)CC1)N1CCC(c2cc(F)c(C(C)CCC(=O)NC=O)c(F)c2)CC1. The number of benzene rings is 3. The summed E-state index contributed by atoms with van der Waals surface area (Å²) < 4.78 is 33.3. The number of fused-ring (bicyclic) bond motifs is 5. The van der Waals surface area contributed by atoms with Crippen molar-refractivity contribution in [2.75, 3.05) is 32.7 Å². The van der Waals surface area contributed by atoms with Crippen LogP contribution in [0.3, 0.4) is 0 Å². The fraction of sp³-hybridized carbons (Fsp3) is 0.413. The maximum Gasteiger partial charge on any atom is 0.281 e. The molecule has 2 amide bonds. The summed E-state index contributed by atoms with van der Waals surface area (Å²) in [6.45, 7) is 16.3. The maximum atomic E-state index is 15.2. The smallest absolute Gasteiger partial charge is 0.281 e. The van der Waals surface area contributed by atoms with Gasteiger partial charge in [0.15, 0.2) is 0 Å². The van der Waals surface area contributed by atoms with Gasteiger partial charge in [0.2, 0.25) is 12.3 Å². The molecule has 2 fully saturated rings. The van der Waals surface area contributed by atoms with E-state index in [1.54, 1.807) is 13.0 Å². The standard InChI is InChI=1S/C46H51BrF2N6O3/c1-6-40(54-20-16-31(17-21-54)33-22-36(48)42(37(49)23-33)29(3)10-13-41(57)51-27-56)50-25-28(2)26-53-18-14-30(15-19-53)32-11-12-34-39(24-32)55-38-9-7-8-35(47)43(38)44(58)52-45(55)46(34,4)5/h6-9,11-12,22-25,27,29-31H,1,10,13-21,26H2,2-5H3,(H,51,56,57)/b28-25+,50-40?. The van der Waals surface area contributed by atoms with E-state index >= 15 is 8.78 Å². The third-order valence-corrected chi connectivity index (χ3v) is 13.1. The molecule has 2 saturated heterocycles. The molecule has 3 aromatic carbocycles. The highest BCUT2D eigenvalue weighted by atomic mass is 79.9. The van der Waals surface area contributed by atoms with Crippen molar-refractivity contribution in [1.29, 1.82) is 0 Å². The maximum absolute atomic E-state index is 15.2. The van der Waals surface area contributed by atoms with Crippen molar-refractivity contribution >= 4 is 45.0 Å². The molecule has 9 nitrogen and oxygen atoms in total. The number of likely N-dealkylation sites (tertiary alicyclic amines) is 2. The number of amides is 2. The molecule has 1 N–H and O–H groups in total. The van der Waals surface area contributed by atoms with Crippen LogP contribution in [0.25, 0.3) is 16.6 Å². The predicted molar refractivity (Wildman–Crippen MR) is 229 cm³/mol. The highest BCUT2D eigenvalue weighted by molar-refractivity contribution is 9.10. The summed E-state index contributed by atoms with van der Waals surface area (Å²) in [5.74, 6) is -0.169. The second-order valence-corrected chi connectivity index (χ2v) is 17.5. The van der Waals surface area contributed by atoms with E-state index < -0.39 is 23.5 Å². The van der Waals surface area contributed by atoms with Crippen LogP contribution in [0.15, 0.2) is 87.2 Å². The summed E-state index contributed by atoms with van der Waals surface area (Å²) in [6.07, 6.45) is 7.79. The Kier molecular flexibility index (Phi) is 12.3. The number of amidine groups is 1. The third kappa shape index (κ3) is 8.23. The van der Waals surface area contributed by atoms with Crippen LogP contribution in [0.4, 0.5) is 8.78 Å². The molecule has 4 aromatic rings. The van der Waals surface area contributed by atoms with Gasteiger partial charge < -0.3 is 4.90 Å². The summed E-state index contributed by atoms with van der Waals surface area (Å²) in [6, 6.07) is 15.6. The van der Waals surface area contributed by atoms with E-state index in [0.29, 0.717) is 36.4 Å². The number of aliphatic imine (C=N–C) groups is 1. The van der Waals surface area contributed by atoms with Gasteiger partial charge in [-0.25, -0.2) is 13.8 Å². The molecule has 1 atom stereocenters. The van der Waals surface area contributed by atoms with E-state index in [1.165, 1.54) is 23.3 Å². The first-order valence-corrected chi connectivity index (χ1v) is 21.0. The number of halogens is 3. The van der Waals surface area contributed by atoms with E-state index in [0.717, 1.165) is 78.2 Å². The Hall–Kier alpha value is -4.81. The van der Waals surface area contributed by atoms with Gasteiger partial charge in [-0.1, -0.05) is 31.7 Å². The molecule has 0 radical (unpaired) electrons. The Balaban J connectivity index is 0.942. The van der Waals surface area contributed by atoms with E-state index in [1.807, 2.05) is 24.4 Å². The first kappa shape index (κ1) is 41.4. The second-order valence-electron chi connectivity index (χ2n) is 16.6. The van der Waals surface area contributed by atoms with Crippen LogP contribution in [0.2, 0.25) is 0 Å². The van der Waals surface area contributed by atoms with E-state index in [9.17, 15) is 14.4 Å². The van der Waals surface area contributed by atoms with Gasteiger partial charge >= 0.3 is 0 Å². The van der Waals surface area contributed by atoms with Crippen molar-refractivity contribution in [3.05, 3.63) is 127 Å². The largest absolute Gasteiger partial charge is 0.357 e. The van der Waals surface area contributed by atoms with Crippen molar-refractivity contribution in [3.8, 4) is 5.69 Å². The molecule has 12 heteroatoms. The van der Waals surface area contributed by atoms with Crippen LogP contribution < -0.4 is 10.9 Å². The zero-order valence-electron chi connectivity index (χ0n) is 33.7. The number of imide groups is 1. The number of nitrogens with zero attached hydrogens (tertiary/aromatic N) is 5. The number of rotatable bonds is 11. The van der Waals surface area contributed by atoms with Gasteiger partial charge in [-0.3, -0.25) is 29.2 Å². The Morgan fingerprint density at radius 3 is 2.38 bits per heavy atom. The Bertz CT molecular complexity index is 2350. The normalized spacial score (nSPS) is 18.2. The molecule has 0 saturated carbocycles. The minimum absolute atomic E-state index is 0.00729. The fourth-order valence-corrected chi connectivity index (χ4v) is 9.69. The van der Waals surface area contributed by atoms with Crippen molar-refractivity contribution < 1.29 is 18.4 Å². The van der Waals surface area contributed by atoms with Crippen molar-refractivity contribution in [2.45, 2.75) is 89.4 Å². The Morgan fingerprint density at radius 1 is 1.03 bits per heavy atom. The van der Waals surface area contributed by atoms with Crippen molar-refractivity contribution in [1.82, 2.24) is 24.7 Å². The van der Waals surface area contributed by atoms with Crippen LogP contribution in [0.1, 0.15) is 112 Å². The van der Waals surface area contributed by atoms with Crippen LogP contribution in [0.5, 0.6) is 0 Å².